The molecule has 3 N–H and O–H groups in total. The van der Waals surface area contributed by atoms with Crippen LogP contribution in [0.3, 0.4) is 0 Å². The zero-order valence-corrected chi connectivity index (χ0v) is 19.4. The highest BCUT2D eigenvalue weighted by atomic mass is 19.1. The number of aliphatic hydroxyl groups excluding tert-OH is 1. The lowest BCUT2D eigenvalue weighted by molar-refractivity contribution is -0.233. The molecule has 0 amide bonds. The summed E-state index contributed by atoms with van der Waals surface area (Å²) in [7, 11) is 0. The van der Waals surface area contributed by atoms with E-state index < -0.39 is 58.6 Å². The molecule has 0 aromatic carbocycles. The second-order valence-corrected chi connectivity index (χ2v) is 10.9. The molecule has 5 aliphatic rings. The third-order valence-electron chi connectivity index (χ3n) is 9.55. The molecule has 3 saturated carbocycles. The largest absolute Gasteiger partial charge is 0.390 e. The van der Waals surface area contributed by atoms with Gasteiger partial charge in [0.2, 0.25) is 0 Å². The monoisotopic (exact) mass is 465 g/mol. The van der Waals surface area contributed by atoms with E-state index in [0.29, 0.717) is 12.8 Å². The van der Waals surface area contributed by atoms with Gasteiger partial charge in [-0.25, -0.2) is 8.78 Å². The summed E-state index contributed by atoms with van der Waals surface area (Å²) >= 11 is 0. The normalized spacial score (nSPS) is 52.6. The van der Waals surface area contributed by atoms with Crippen LogP contribution in [-0.4, -0.2) is 59.2 Å². The first-order chi connectivity index (χ1) is 15.5. The van der Waals surface area contributed by atoms with Gasteiger partial charge in [-0.05, 0) is 56.3 Å². The Morgan fingerprint density at radius 2 is 2.03 bits per heavy atom. The summed E-state index contributed by atoms with van der Waals surface area (Å²) in [6.07, 6.45) is 1.15. The molecule has 1 heterocycles. The molecule has 1 aliphatic heterocycles. The van der Waals surface area contributed by atoms with Crippen molar-refractivity contribution in [3.63, 3.8) is 0 Å². The summed E-state index contributed by atoms with van der Waals surface area (Å²) in [5.41, 5.74) is -0.130. The number of carbonyl (C=O) groups excluding carboxylic acids is 2. The smallest absolute Gasteiger partial charge is 0.181 e. The van der Waals surface area contributed by atoms with Crippen molar-refractivity contribution in [3.05, 3.63) is 23.8 Å². The Balaban J connectivity index is 1.62. The molecule has 8 heteroatoms. The maximum atomic E-state index is 17.2. The number of carbonyl (C=O) groups is 2. The zero-order chi connectivity index (χ0) is 24.0. The molecule has 33 heavy (non-hydrogen) atoms. The number of hydrogen-bond donors (Lipinski definition) is 2. The molecule has 4 aliphatic carbocycles. The van der Waals surface area contributed by atoms with Gasteiger partial charge in [0, 0.05) is 16.7 Å². The summed E-state index contributed by atoms with van der Waals surface area (Å²) in [5, 5.41) is 11.4. The zero-order valence-electron chi connectivity index (χ0n) is 19.4. The Bertz CT molecular complexity index is 953. The first kappa shape index (κ1) is 23.3. The Kier molecular flexibility index (Phi) is 5.12. The van der Waals surface area contributed by atoms with Crippen molar-refractivity contribution in [2.24, 2.45) is 28.4 Å². The predicted octanol–water partition coefficient (Wildman–Crippen LogP) is 2.72. The standard InChI is InChI=1S/C25H33F2NO5/c1-4-5-21-32-20-10-14-15-9-17(26)16-8-13(29)6-7-22(16,2)24(15,27)18(30)11-23(14,3)25(20,33-21)19(31)12-28/h6-8,14-15,17-18,20-21,30H,4-5,9-12,28H2,1-3H3/t14-,15-,17-,18-,20?,21?,22-,23-,24-,25+/m0/s1. The first-order valence-electron chi connectivity index (χ1n) is 12.0. The van der Waals surface area contributed by atoms with Crippen molar-refractivity contribution in [2.45, 2.75) is 88.8 Å². The SMILES string of the molecule is CCCC1OC2C[C@H]3[C@@H]4C[C@H](F)C5=CC(=O)C=C[C@]5(C)[C@@]4(F)[C@@H](O)C[C@]3(C)[C@]2(C(=O)CN)O1. The second-order valence-electron chi connectivity index (χ2n) is 10.9. The quantitative estimate of drug-likeness (QED) is 0.663. The highest BCUT2D eigenvalue weighted by Crippen LogP contribution is 2.72. The van der Waals surface area contributed by atoms with Crippen molar-refractivity contribution >= 4 is 11.6 Å². The van der Waals surface area contributed by atoms with Gasteiger partial charge in [-0.3, -0.25) is 9.59 Å². The number of ketones is 2. The number of fused-ring (bicyclic) bond motifs is 7. The molecule has 6 nitrogen and oxygen atoms in total. The van der Waals surface area contributed by atoms with Gasteiger partial charge in [0.1, 0.15) is 6.17 Å². The molecule has 0 radical (unpaired) electrons. The molecular formula is C25H33F2NO5. The van der Waals surface area contributed by atoms with Crippen LogP contribution in [0.1, 0.15) is 52.9 Å². The summed E-state index contributed by atoms with van der Waals surface area (Å²) in [6.45, 7) is 5.13. The van der Waals surface area contributed by atoms with Crippen LogP contribution in [-0.2, 0) is 19.1 Å². The van der Waals surface area contributed by atoms with Gasteiger partial charge in [-0.2, -0.15) is 0 Å². The van der Waals surface area contributed by atoms with E-state index in [4.69, 9.17) is 15.2 Å². The van der Waals surface area contributed by atoms with Crippen LogP contribution in [0.25, 0.3) is 0 Å². The predicted molar refractivity (Wildman–Crippen MR) is 115 cm³/mol. The number of Topliss-reactive ketones (excluding diaryl/α,β-unsaturated/α-hetero) is 1. The van der Waals surface area contributed by atoms with E-state index in [-0.39, 0.29) is 36.5 Å². The number of ether oxygens (including phenoxy) is 2. The van der Waals surface area contributed by atoms with E-state index in [9.17, 15) is 14.7 Å². The van der Waals surface area contributed by atoms with Crippen molar-refractivity contribution in [1.29, 1.82) is 0 Å². The van der Waals surface area contributed by atoms with E-state index in [1.807, 2.05) is 13.8 Å². The first-order valence-corrected chi connectivity index (χ1v) is 12.0. The van der Waals surface area contributed by atoms with Gasteiger partial charge < -0.3 is 20.3 Å². The molecule has 5 rings (SSSR count). The van der Waals surface area contributed by atoms with Gasteiger partial charge in [0.25, 0.3) is 0 Å². The topological polar surface area (TPSA) is 98.9 Å². The van der Waals surface area contributed by atoms with Gasteiger partial charge >= 0.3 is 0 Å². The van der Waals surface area contributed by atoms with Crippen LogP contribution < -0.4 is 5.73 Å². The van der Waals surface area contributed by atoms with Gasteiger partial charge in [-0.15, -0.1) is 0 Å². The summed E-state index contributed by atoms with van der Waals surface area (Å²) in [5.74, 6) is -2.05. The van der Waals surface area contributed by atoms with Crippen molar-refractivity contribution in [2.75, 3.05) is 6.54 Å². The Hall–Kier alpha value is -1.48. The average Bonchev–Trinajstić information content (AvgIpc) is 3.24. The molecule has 10 atom stereocenters. The number of halogens is 2. The summed E-state index contributed by atoms with van der Waals surface area (Å²) in [6, 6.07) is 0. The number of rotatable bonds is 4. The fourth-order valence-corrected chi connectivity index (χ4v) is 8.04. The highest BCUT2D eigenvalue weighted by Gasteiger charge is 2.79. The van der Waals surface area contributed by atoms with E-state index in [1.54, 1.807) is 6.92 Å². The van der Waals surface area contributed by atoms with Crippen molar-refractivity contribution < 1.29 is 33.0 Å². The molecule has 4 fully saturated rings. The van der Waals surface area contributed by atoms with Crippen LogP contribution in [0.15, 0.2) is 23.8 Å². The average molecular weight is 466 g/mol. The molecule has 182 valence electrons. The minimum Gasteiger partial charge on any atom is -0.390 e. The van der Waals surface area contributed by atoms with E-state index in [1.165, 1.54) is 18.2 Å². The summed E-state index contributed by atoms with van der Waals surface area (Å²) < 4.78 is 45.2. The lowest BCUT2D eigenvalue weighted by atomic mass is 9.44. The van der Waals surface area contributed by atoms with E-state index >= 15 is 8.78 Å². The number of alkyl halides is 2. The van der Waals surface area contributed by atoms with E-state index in [2.05, 4.69) is 0 Å². The third-order valence-corrected chi connectivity index (χ3v) is 9.55. The number of aliphatic hydroxyl groups is 1. The molecule has 1 saturated heterocycles. The fourth-order valence-electron chi connectivity index (χ4n) is 8.04. The van der Waals surface area contributed by atoms with Gasteiger partial charge in [0.05, 0.1) is 18.8 Å². The second kappa shape index (κ2) is 7.26. The maximum Gasteiger partial charge on any atom is 0.181 e. The molecule has 0 aromatic heterocycles. The van der Waals surface area contributed by atoms with Crippen LogP contribution in [0.4, 0.5) is 8.78 Å². The lowest BCUT2D eigenvalue weighted by Crippen LogP contribution is -2.71. The van der Waals surface area contributed by atoms with Crippen LogP contribution in [0, 0.1) is 22.7 Å². The summed E-state index contributed by atoms with van der Waals surface area (Å²) in [4.78, 5) is 25.3. The number of allylic oxidation sites excluding steroid dienone is 4. The minimum absolute atomic E-state index is 0.0449. The molecular weight excluding hydrogens is 432 g/mol. The number of nitrogens with two attached hydrogens (primary N) is 1. The fraction of sp³-hybridized carbons (Fsp3) is 0.760. The van der Waals surface area contributed by atoms with E-state index in [0.717, 1.165) is 6.42 Å². The molecule has 0 spiro atoms. The van der Waals surface area contributed by atoms with Crippen molar-refractivity contribution in [3.8, 4) is 0 Å². The molecule has 0 bridgehead atoms. The molecule has 2 unspecified atom stereocenters. The van der Waals surface area contributed by atoms with Crippen molar-refractivity contribution in [1.82, 2.24) is 0 Å². The Morgan fingerprint density at radius 1 is 1.30 bits per heavy atom. The highest BCUT2D eigenvalue weighted by molar-refractivity contribution is 6.01. The minimum atomic E-state index is -2.20. The number of hydrogen-bond acceptors (Lipinski definition) is 6. The van der Waals surface area contributed by atoms with Crippen LogP contribution in [0.2, 0.25) is 0 Å². The van der Waals surface area contributed by atoms with Gasteiger partial charge in [-0.1, -0.05) is 26.3 Å². The molecule has 0 aromatic rings. The lowest BCUT2D eigenvalue weighted by Gasteiger charge is -2.63. The van der Waals surface area contributed by atoms with Crippen LogP contribution in [0.5, 0.6) is 0 Å². The Labute approximate surface area is 192 Å². The Morgan fingerprint density at radius 3 is 2.70 bits per heavy atom. The van der Waals surface area contributed by atoms with Crippen LogP contribution >= 0.6 is 0 Å². The third kappa shape index (κ3) is 2.61. The van der Waals surface area contributed by atoms with Gasteiger partial charge in [0.15, 0.2) is 29.1 Å². The maximum absolute atomic E-state index is 17.2.